The molecule has 0 aromatic carbocycles. The van der Waals surface area contributed by atoms with Crippen LogP contribution in [0.25, 0.3) is 0 Å². The number of ether oxygens (including phenoxy) is 2. The number of aromatic nitrogens is 3. The number of esters is 1. The van der Waals surface area contributed by atoms with Crippen molar-refractivity contribution in [3.8, 4) is 6.01 Å². The lowest BCUT2D eigenvalue weighted by Crippen LogP contribution is -2.06. The second-order valence-electron chi connectivity index (χ2n) is 3.13. The van der Waals surface area contributed by atoms with Crippen LogP contribution < -0.4 is 10.1 Å². The molecule has 1 heterocycles. The Labute approximate surface area is 110 Å². The fourth-order valence-corrected chi connectivity index (χ4v) is 1.80. The highest BCUT2D eigenvalue weighted by atomic mass is 32.2. The molecule has 0 aliphatic heterocycles. The van der Waals surface area contributed by atoms with Crippen molar-refractivity contribution in [2.45, 2.75) is 18.5 Å². The number of anilines is 1. The number of carbonyl (C=O) groups excluding carboxylic acids is 1. The van der Waals surface area contributed by atoms with Gasteiger partial charge in [-0.2, -0.15) is 15.0 Å². The quantitative estimate of drug-likeness (QED) is 0.580. The third-order valence-corrected chi connectivity index (χ3v) is 2.73. The molecule has 1 rings (SSSR count). The van der Waals surface area contributed by atoms with Crippen molar-refractivity contribution in [2.24, 2.45) is 0 Å². The van der Waals surface area contributed by atoms with Gasteiger partial charge in [0.05, 0.1) is 20.6 Å². The van der Waals surface area contributed by atoms with Crippen molar-refractivity contribution in [1.82, 2.24) is 15.0 Å². The van der Waals surface area contributed by atoms with E-state index in [0.29, 0.717) is 29.8 Å². The van der Waals surface area contributed by atoms with E-state index < -0.39 is 0 Å². The van der Waals surface area contributed by atoms with E-state index in [2.05, 4.69) is 25.0 Å². The van der Waals surface area contributed by atoms with Crippen LogP contribution in [0.4, 0.5) is 5.95 Å². The lowest BCUT2D eigenvalue weighted by molar-refractivity contribution is -0.140. The number of methoxy groups -OCH3 is 2. The first-order valence-electron chi connectivity index (χ1n) is 5.43. The van der Waals surface area contributed by atoms with E-state index in [9.17, 15) is 4.79 Å². The van der Waals surface area contributed by atoms with Crippen LogP contribution >= 0.6 is 11.8 Å². The van der Waals surface area contributed by atoms with Crippen LogP contribution in [0, 0.1) is 0 Å². The van der Waals surface area contributed by atoms with Crippen LogP contribution in [0.2, 0.25) is 0 Å². The number of nitrogens with zero attached hydrogens (tertiary/aromatic N) is 3. The first-order chi connectivity index (χ1) is 8.69. The van der Waals surface area contributed by atoms with Crippen molar-refractivity contribution in [3.63, 3.8) is 0 Å². The summed E-state index contributed by atoms with van der Waals surface area (Å²) in [5, 5.41) is 3.50. The van der Waals surface area contributed by atoms with Crippen molar-refractivity contribution in [1.29, 1.82) is 0 Å². The number of hydrogen-bond acceptors (Lipinski definition) is 8. The number of carbonyl (C=O) groups is 1. The Morgan fingerprint density at radius 1 is 1.33 bits per heavy atom. The Morgan fingerprint density at radius 3 is 2.72 bits per heavy atom. The summed E-state index contributed by atoms with van der Waals surface area (Å²) in [5.74, 6) is 0.756. The summed E-state index contributed by atoms with van der Waals surface area (Å²) in [4.78, 5) is 23.3. The SMILES string of the molecule is CCNc1nc(OC)nc(SCCC(=O)OC)n1. The fourth-order valence-electron chi connectivity index (χ4n) is 1.06. The predicted molar refractivity (Wildman–Crippen MR) is 67.9 cm³/mol. The molecule has 0 atom stereocenters. The summed E-state index contributed by atoms with van der Waals surface area (Å²) in [6.45, 7) is 2.65. The van der Waals surface area contributed by atoms with Gasteiger partial charge in [-0.15, -0.1) is 0 Å². The van der Waals surface area contributed by atoms with Gasteiger partial charge < -0.3 is 14.8 Å². The van der Waals surface area contributed by atoms with Gasteiger partial charge in [-0.25, -0.2) is 0 Å². The Kier molecular flexibility index (Phi) is 6.20. The summed E-state index contributed by atoms with van der Waals surface area (Å²) in [6, 6.07) is 0.251. The van der Waals surface area contributed by atoms with Crippen LogP contribution in [0.3, 0.4) is 0 Å². The third kappa shape index (κ3) is 4.74. The fraction of sp³-hybridized carbons (Fsp3) is 0.600. The molecule has 18 heavy (non-hydrogen) atoms. The molecule has 100 valence electrons. The highest BCUT2D eigenvalue weighted by Crippen LogP contribution is 2.18. The van der Waals surface area contributed by atoms with Crippen molar-refractivity contribution < 1.29 is 14.3 Å². The monoisotopic (exact) mass is 272 g/mol. The molecule has 1 aromatic rings. The Hall–Kier alpha value is -1.57. The average molecular weight is 272 g/mol. The molecule has 0 fully saturated rings. The highest BCUT2D eigenvalue weighted by molar-refractivity contribution is 7.99. The lowest BCUT2D eigenvalue weighted by atomic mass is 10.5. The van der Waals surface area contributed by atoms with Gasteiger partial charge in [0.1, 0.15) is 0 Å². The standard InChI is InChI=1S/C10H16N4O3S/c1-4-11-8-12-9(17-3)14-10(13-8)18-6-5-7(15)16-2/h4-6H2,1-3H3,(H,11,12,13,14). The molecule has 8 heteroatoms. The van der Waals surface area contributed by atoms with Crippen LogP contribution in [-0.2, 0) is 9.53 Å². The molecule has 0 aliphatic rings. The molecule has 0 saturated heterocycles. The van der Waals surface area contributed by atoms with Gasteiger partial charge >= 0.3 is 12.0 Å². The van der Waals surface area contributed by atoms with Gasteiger partial charge in [0.2, 0.25) is 5.95 Å². The van der Waals surface area contributed by atoms with Crippen molar-refractivity contribution in [3.05, 3.63) is 0 Å². The zero-order valence-corrected chi connectivity index (χ0v) is 11.4. The van der Waals surface area contributed by atoms with Crippen LogP contribution in [0.1, 0.15) is 13.3 Å². The Balaban J connectivity index is 2.63. The molecule has 0 unspecified atom stereocenters. The summed E-state index contributed by atoms with van der Waals surface area (Å²) >= 11 is 1.35. The highest BCUT2D eigenvalue weighted by Gasteiger charge is 2.08. The summed E-state index contributed by atoms with van der Waals surface area (Å²) in [5.41, 5.74) is 0. The topological polar surface area (TPSA) is 86.2 Å². The maximum absolute atomic E-state index is 11.0. The average Bonchev–Trinajstić information content (AvgIpc) is 2.38. The van der Waals surface area contributed by atoms with Crippen molar-refractivity contribution in [2.75, 3.05) is 31.8 Å². The van der Waals surface area contributed by atoms with E-state index in [1.54, 1.807) is 0 Å². The molecule has 0 radical (unpaired) electrons. The van der Waals surface area contributed by atoms with E-state index in [4.69, 9.17) is 4.74 Å². The normalized spacial score (nSPS) is 9.94. The smallest absolute Gasteiger partial charge is 0.321 e. The molecular formula is C10H16N4O3S. The zero-order chi connectivity index (χ0) is 13.4. The molecule has 7 nitrogen and oxygen atoms in total. The van der Waals surface area contributed by atoms with Gasteiger partial charge in [0.25, 0.3) is 0 Å². The van der Waals surface area contributed by atoms with Crippen LogP contribution in [0.5, 0.6) is 6.01 Å². The van der Waals surface area contributed by atoms with Gasteiger partial charge in [-0.05, 0) is 6.92 Å². The van der Waals surface area contributed by atoms with Crippen LogP contribution in [0.15, 0.2) is 5.16 Å². The second-order valence-corrected chi connectivity index (χ2v) is 4.20. The molecule has 0 bridgehead atoms. The predicted octanol–water partition coefficient (Wildman–Crippen LogP) is 0.967. The summed E-state index contributed by atoms with van der Waals surface area (Å²) in [7, 11) is 2.86. The van der Waals surface area contributed by atoms with E-state index >= 15 is 0 Å². The van der Waals surface area contributed by atoms with E-state index in [1.165, 1.54) is 26.0 Å². The van der Waals surface area contributed by atoms with Gasteiger partial charge in [0, 0.05) is 12.3 Å². The minimum Gasteiger partial charge on any atom is -0.469 e. The minimum absolute atomic E-state index is 0.251. The molecule has 0 amide bonds. The molecule has 0 spiro atoms. The molecular weight excluding hydrogens is 256 g/mol. The number of nitrogens with one attached hydrogen (secondary N) is 1. The Bertz CT molecular complexity index is 403. The van der Waals surface area contributed by atoms with Gasteiger partial charge in [-0.3, -0.25) is 4.79 Å². The van der Waals surface area contributed by atoms with Crippen LogP contribution in [-0.4, -0.2) is 47.4 Å². The zero-order valence-electron chi connectivity index (χ0n) is 10.6. The molecule has 0 saturated carbocycles. The molecule has 0 aliphatic carbocycles. The minimum atomic E-state index is -0.254. The first kappa shape index (κ1) is 14.5. The maximum Gasteiger partial charge on any atom is 0.321 e. The van der Waals surface area contributed by atoms with Gasteiger partial charge in [0.15, 0.2) is 5.16 Å². The van der Waals surface area contributed by atoms with E-state index in [-0.39, 0.29) is 12.0 Å². The first-order valence-corrected chi connectivity index (χ1v) is 6.41. The number of rotatable bonds is 7. The largest absolute Gasteiger partial charge is 0.469 e. The summed E-state index contributed by atoms with van der Waals surface area (Å²) in [6.07, 6.45) is 0.311. The summed E-state index contributed by atoms with van der Waals surface area (Å²) < 4.78 is 9.54. The third-order valence-electron chi connectivity index (χ3n) is 1.88. The maximum atomic E-state index is 11.0. The van der Waals surface area contributed by atoms with Gasteiger partial charge in [-0.1, -0.05) is 11.8 Å². The van der Waals surface area contributed by atoms with Crippen molar-refractivity contribution >= 4 is 23.7 Å². The molecule has 1 N–H and O–H groups in total. The Morgan fingerprint density at radius 2 is 2.11 bits per heavy atom. The van der Waals surface area contributed by atoms with E-state index in [1.807, 2.05) is 6.92 Å². The molecule has 1 aromatic heterocycles. The number of thioether (sulfide) groups is 1. The van der Waals surface area contributed by atoms with E-state index in [0.717, 1.165) is 0 Å². The second kappa shape index (κ2) is 7.70. The lowest BCUT2D eigenvalue weighted by Gasteiger charge is -2.06. The number of hydrogen-bond donors (Lipinski definition) is 1.